The summed E-state index contributed by atoms with van der Waals surface area (Å²) in [6.45, 7) is 0.0972. The molecule has 0 aromatic heterocycles. The van der Waals surface area contributed by atoms with E-state index >= 15 is 0 Å². The number of ketones is 1. The molecule has 0 N–H and O–H groups in total. The Bertz CT molecular complexity index is 874. The number of unbranched alkanes of at least 4 members (excludes halogenated alkanes) is 7. The summed E-state index contributed by atoms with van der Waals surface area (Å²) < 4.78 is 0. The lowest BCUT2D eigenvalue weighted by atomic mass is 10.1. The summed E-state index contributed by atoms with van der Waals surface area (Å²) >= 11 is 0. The Hall–Kier alpha value is -2.37. The third-order valence-electron chi connectivity index (χ3n) is 6.10. The minimum absolute atomic E-state index is 0.279. The fourth-order valence-corrected chi connectivity index (χ4v) is 8.20. The van der Waals surface area contributed by atoms with Crippen molar-refractivity contribution in [2.24, 2.45) is 0 Å². The molecule has 0 aliphatic heterocycles. The molecule has 32 heavy (non-hydrogen) atoms. The molecule has 0 bridgehead atoms. The molecular weight excluding hydrogens is 407 g/mol. The lowest BCUT2D eigenvalue weighted by Crippen LogP contribution is -2.28. The van der Waals surface area contributed by atoms with Crippen LogP contribution in [0.25, 0.3) is 0 Å². The standard InChI is InChI=1S/C30H37OP/c1-2-3-4-5-6-7-8-12-19-27(31)26-32(28-20-13-9-14-21-28,29-22-15-10-16-23-29)30-24-17-11-18-25-30/h9-11,13-18,20-26H,2-8,12,19H2,1H3. The van der Waals surface area contributed by atoms with Gasteiger partial charge in [0, 0.05) is 6.42 Å². The average molecular weight is 445 g/mol. The second-order valence-electron chi connectivity index (χ2n) is 8.55. The van der Waals surface area contributed by atoms with E-state index in [2.05, 4.69) is 104 Å². The lowest BCUT2D eigenvalue weighted by Gasteiger charge is -2.28. The van der Waals surface area contributed by atoms with E-state index in [4.69, 9.17) is 0 Å². The molecule has 0 fully saturated rings. The van der Waals surface area contributed by atoms with Gasteiger partial charge >= 0.3 is 0 Å². The quantitative estimate of drug-likeness (QED) is 0.207. The SMILES string of the molecule is CCCCCCCCCCC(=O)C=P(c1ccccc1)(c1ccccc1)c1ccccc1. The summed E-state index contributed by atoms with van der Waals surface area (Å²) in [5.74, 6) is 2.37. The van der Waals surface area contributed by atoms with Crippen molar-refractivity contribution in [3.63, 3.8) is 0 Å². The molecule has 168 valence electrons. The van der Waals surface area contributed by atoms with Gasteiger partial charge in [-0.05, 0) is 35.0 Å². The van der Waals surface area contributed by atoms with Crippen molar-refractivity contribution in [3.8, 4) is 0 Å². The topological polar surface area (TPSA) is 17.1 Å². The summed E-state index contributed by atoms with van der Waals surface area (Å²) in [4.78, 5) is 13.3. The lowest BCUT2D eigenvalue weighted by molar-refractivity contribution is -0.112. The van der Waals surface area contributed by atoms with Gasteiger partial charge in [-0.1, -0.05) is 143 Å². The molecule has 0 unspecified atom stereocenters. The molecule has 0 spiro atoms. The number of hydrogen-bond acceptors (Lipinski definition) is 1. The van der Waals surface area contributed by atoms with Gasteiger partial charge in [0.25, 0.3) is 0 Å². The Balaban J connectivity index is 1.86. The Morgan fingerprint density at radius 1 is 0.594 bits per heavy atom. The van der Waals surface area contributed by atoms with Gasteiger partial charge in [-0.3, -0.25) is 4.79 Å². The van der Waals surface area contributed by atoms with Crippen LogP contribution in [0, 0.1) is 0 Å². The Morgan fingerprint density at radius 3 is 1.38 bits per heavy atom. The molecule has 0 heterocycles. The van der Waals surface area contributed by atoms with Crippen LogP contribution >= 0.6 is 6.89 Å². The fraction of sp³-hybridized carbons (Fsp3) is 0.333. The fourth-order valence-electron chi connectivity index (χ4n) is 4.37. The predicted molar refractivity (Wildman–Crippen MR) is 143 cm³/mol. The molecule has 0 aliphatic rings. The number of carbonyl (C=O) groups excluding carboxylic acids is 1. The van der Waals surface area contributed by atoms with E-state index in [1.165, 1.54) is 54.4 Å². The molecule has 0 atom stereocenters. The highest BCUT2D eigenvalue weighted by Gasteiger charge is 2.26. The second-order valence-corrected chi connectivity index (χ2v) is 11.8. The smallest absolute Gasteiger partial charge is 0.156 e. The van der Waals surface area contributed by atoms with E-state index in [-0.39, 0.29) is 5.78 Å². The van der Waals surface area contributed by atoms with Crippen LogP contribution in [-0.2, 0) is 4.79 Å². The summed E-state index contributed by atoms with van der Waals surface area (Å²) in [6.07, 6.45) is 10.6. The van der Waals surface area contributed by atoms with Crippen LogP contribution in [0.3, 0.4) is 0 Å². The third kappa shape index (κ3) is 6.57. The minimum Gasteiger partial charge on any atom is -0.295 e. The van der Waals surface area contributed by atoms with Crippen LogP contribution in [0.5, 0.6) is 0 Å². The van der Waals surface area contributed by atoms with Gasteiger partial charge in [-0.2, -0.15) is 0 Å². The van der Waals surface area contributed by atoms with E-state index in [1.54, 1.807) is 0 Å². The highest BCUT2D eigenvalue weighted by Crippen LogP contribution is 2.43. The van der Waals surface area contributed by atoms with Crippen molar-refractivity contribution < 1.29 is 4.79 Å². The van der Waals surface area contributed by atoms with Crippen molar-refractivity contribution in [3.05, 3.63) is 91.0 Å². The Kier molecular flexibility index (Phi) is 10.0. The zero-order valence-electron chi connectivity index (χ0n) is 19.5. The van der Waals surface area contributed by atoms with Crippen LogP contribution in [-0.4, -0.2) is 11.6 Å². The molecule has 3 aromatic rings. The molecular formula is C30H37OP. The minimum atomic E-state index is -2.16. The van der Waals surface area contributed by atoms with E-state index in [1.807, 2.05) is 0 Å². The monoisotopic (exact) mass is 444 g/mol. The first-order valence-corrected chi connectivity index (χ1v) is 14.1. The van der Waals surface area contributed by atoms with Crippen molar-refractivity contribution in [1.29, 1.82) is 0 Å². The molecule has 0 saturated carbocycles. The number of carbonyl (C=O) groups is 1. The first kappa shape index (κ1) is 24.3. The van der Waals surface area contributed by atoms with Crippen molar-refractivity contribution in [2.45, 2.75) is 64.7 Å². The van der Waals surface area contributed by atoms with Gasteiger partial charge < -0.3 is 0 Å². The van der Waals surface area contributed by atoms with E-state index < -0.39 is 6.89 Å². The summed E-state index contributed by atoms with van der Waals surface area (Å²) in [5.41, 5.74) is 0. The van der Waals surface area contributed by atoms with Gasteiger partial charge in [0.15, 0.2) is 5.78 Å². The number of benzene rings is 3. The maximum atomic E-state index is 13.3. The Labute approximate surface area is 194 Å². The van der Waals surface area contributed by atoms with Crippen molar-refractivity contribution >= 4 is 34.4 Å². The summed E-state index contributed by atoms with van der Waals surface area (Å²) in [5, 5.41) is 3.71. The van der Waals surface area contributed by atoms with Gasteiger partial charge in [0.1, 0.15) is 0 Å². The largest absolute Gasteiger partial charge is 0.295 e. The van der Waals surface area contributed by atoms with Crippen LogP contribution in [0.4, 0.5) is 0 Å². The normalized spacial score (nSPS) is 11.3. The number of Topliss-reactive ketones (excluding diaryl/α,β-unsaturated/α-hetero) is 1. The average Bonchev–Trinajstić information content (AvgIpc) is 2.86. The first-order chi connectivity index (χ1) is 15.8. The molecule has 0 amide bonds. The molecule has 3 rings (SSSR count). The summed E-state index contributed by atoms with van der Waals surface area (Å²) in [7, 11) is 0. The van der Waals surface area contributed by atoms with Gasteiger partial charge in [-0.25, -0.2) is 0 Å². The van der Waals surface area contributed by atoms with Crippen molar-refractivity contribution in [1.82, 2.24) is 0 Å². The van der Waals surface area contributed by atoms with E-state index in [9.17, 15) is 4.79 Å². The highest BCUT2D eigenvalue weighted by molar-refractivity contribution is 7.95. The molecule has 2 heteroatoms. The highest BCUT2D eigenvalue weighted by atomic mass is 31.2. The van der Waals surface area contributed by atoms with Crippen LogP contribution in [0.1, 0.15) is 64.7 Å². The number of rotatable bonds is 13. The van der Waals surface area contributed by atoms with Crippen LogP contribution in [0.2, 0.25) is 0 Å². The molecule has 0 radical (unpaired) electrons. The Morgan fingerprint density at radius 2 is 0.969 bits per heavy atom. The van der Waals surface area contributed by atoms with Crippen LogP contribution < -0.4 is 15.9 Å². The molecule has 0 saturated heterocycles. The first-order valence-electron chi connectivity index (χ1n) is 12.2. The molecule has 0 aliphatic carbocycles. The second kappa shape index (κ2) is 13.2. The van der Waals surface area contributed by atoms with Crippen LogP contribution in [0.15, 0.2) is 91.0 Å². The van der Waals surface area contributed by atoms with Gasteiger partial charge in [0.2, 0.25) is 0 Å². The maximum Gasteiger partial charge on any atom is 0.156 e. The van der Waals surface area contributed by atoms with Gasteiger partial charge in [0.05, 0.1) is 0 Å². The maximum absolute atomic E-state index is 13.3. The van der Waals surface area contributed by atoms with E-state index in [0.717, 1.165) is 12.8 Å². The predicted octanol–water partition coefficient (Wildman–Crippen LogP) is 6.88. The third-order valence-corrected chi connectivity index (χ3v) is 10.1. The van der Waals surface area contributed by atoms with Crippen molar-refractivity contribution in [2.75, 3.05) is 0 Å². The molecule has 1 nitrogen and oxygen atoms in total. The zero-order chi connectivity index (χ0) is 22.5. The number of hydrogen-bond donors (Lipinski definition) is 0. The summed E-state index contributed by atoms with van der Waals surface area (Å²) in [6, 6.07) is 31.8. The van der Waals surface area contributed by atoms with E-state index in [0.29, 0.717) is 6.42 Å². The van der Waals surface area contributed by atoms with Gasteiger partial charge in [-0.15, -0.1) is 0 Å². The zero-order valence-corrected chi connectivity index (χ0v) is 20.4. The molecule has 3 aromatic carbocycles.